The van der Waals surface area contributed by atoms with Crippen LogP contribution in [0.4, 0.5) is 0 Å². The van der Waals surface area contributed by atoms with Crippen molar-refractivity contribution in [2.45, 2.75) is 44.6 Å². The number of carbonyl (C=O) groups excluding carboxylic acids is 1. The summed E-state index contributed by atoms with van der Waals surface area (Å²) in [6.45, 7) is 3.85. The number of benzene rings is 1. The lowest BCUT2D eigenvalue weighted by molar-refractivity contribution is -0.134. The van der Waals surface area contributed by atoms with Crippen LogP contribution in [0, 0.1) is 11.3 Å². The van der Waals surface area contributed by atoms with Crippen LogP contribution in [-0.2, 0) is 22.4 Å². The molecule has 0 aromatic heterocycles. The van der Waals surface area contributed by atoms with E-state index in [1.165, 1.54) is 17.5 Å². The molecular formula is C22H32N2O2. The molecule has 0 radical (unpaired) electrons. The van der Waals surface area contributed by atoms with E-state index in [0.717, 1.165) is 51.9 Å². The summed E-state index contributed by atoms with van der Waals surface area (Å²) in [5, 5.41) is 0. The van der Waals surface area contributed by atoms with Gasteiger partial charge in [0.25, 0.3) is 0 Å². The Labute approximate surface area is 157 Å². The maximum absolute atomic E-state index is 12.8. The molecule has 1 spiro atoms. The number of hydrogen-bond acceptors (Lipinski definition) is 3. The van der Waals surface area contributed by atoms with Crippen molar-refractivity contribution in [1.82, 2.24) is 9.80 Å². The van der Waals surface area contributed by atoms with Crippen molar-refractivity contribution in [3.63, 3.8) is 0 Å². The molecule has 2 saturated heterocycles. The van der Waals surface area contributed by atoms with Gasteiger partial charge in [0.05, 0.1) is 6.61 Å². The first-order valence-corrected chi connectivity index (χ1v) is 10.1. The van der Waals surface area contributed by atoms with Gasteiger partial charge in [-0.3, -0.25) is 4.79 Å². The Balaban J connectivity index is 1.28. The van der Waals surface area contributed by atoms with Gasteiger partial charge in [0.1, 0.15) is 0 Å². The molecule has 4 rings (SSSR count). The number of piperidine rings is 1. The number of carbonyl (C=O) groups is 1. The Morgan fingerprint density at radius 2 is 1.85 bits per heavy atom. The fourth-order valence-corrected chi connectivity index (χ4v) is 5.52. The third-order valence-electron chi connectivity index (χ3n) is 7.01. The molecule has 1 amide bonds. The summed E-state index contributed by atoms with van der Waals surface area (Å²) in [5.74, 6) is 0.872. The summed E-state index contributed by atoms with van der Waals surface area (Å²) in [4.78, 5) is 17.4. The second-order valence-corrected chi connectivity index (χ2v) is 8.86. The molecule has 0 bridgehead atoms. The smallest absolute Gasteiger partial charge is 0.222 e. The van der Waals surface area contributed by atoms with Crippen molar-refractivity contribution < 1.29 is 9.53 Å². The molecule has 0 saturated carbocycles. The monoisotopic (exact) mass is 356 g/mol. The molecule has 26 heavy (non-hydrogen) atoms. The SMILES string of the molecule is COC[C@H]1CC2(CCN(C(=O)CC3Cc4ccccc4C3)CC2)CN1C. The van der Waals surface area contributed by atoms with E-state index in [9.17, 15) is 4.79 Å². The molecule has 1 aromatic rings. The van der Waals surface area contributed by atoms with E-state index in [2.05, 4.69) is 41.1 Å². The summed E-state index contributed by atoms with van der Waals surface area (Å²) < 4.78 is 5.38. The number of methoxy groups -OCH3 is 1. The zero-order valence-electron chi connectivity index (χ0n) is 16.2. The van der Waals surface area contributed by atoms with Crippen molar-refractivity contribution >= 4 is 5.91 Å². The second kappa shape index (κ2) is 7.32. The Hall–Kier alpha value is -1.39. The maximum atomic E-state index is 12.8. The first-order valence-electron chi connectivity index (χ1n) is 10.1. The summed E-state index contributed by atoms with van der Waals surface area (Å²) in [7, 11) is 4.01. The number of amides is 1. The Morgan fingerprint density at radius 1 is 1.19 bits per heavy atom. The van der Waals surface area contributed by atoms with Crippen molar-refractivity contribution in [2.24, 2.45) is 11.3 Å². The van der Waals surface area contributed by atoms with Gasteiger partial charge in [0.2, 0.25) is 5.91 Å². The van der Waals surface area contributed by atoms with Crippen LogP contribution in [-0.4, -0.2) is 62.1 Å². The minimum atomic E-state index is 0.373. The molecule has 0 unspecified atom stereocenters. The van der Waals surface area contributed by atoms with Gasteiger partial charge >= 0.3 is 0 Å². The van der Waals surface area contributed by atoms with Crippen LogP contribution < -0.4 is 0 Å². The standard InChI is InChI=1S/C22H32N2O2/c1-23-16-22(14-20(23)15-26-2)7-9-24(10-8-22)21(25)13-17-11-18-5-3-4-6-19(18)12-17/h3-6,17,20H,7-16H2,1-2H3/t20-/m1/s1. The van der Waals surface area contributed by atoms with E-state index in [-0.39, 0.29) is 0 Å². The van der Waals surface area contributed by atoms with Gasteiger partial charge in [0.15, 0.2) is 0 Å². The first-order chi connectivity index (χ1) is 12.6. The minimum Gasteiger partial charge on any atom is -0.383 e. The average Bonchev–Trinajstić information content (AvgIpc) is 3.16. The quantitative estimate of drug-likeness (QED) is 0.832. The Kier molecular flexibility index (Phi) is 5.07. The molecular weight excluding hydrogens is 324 g/mol. The molecule has 3 aliphatic rings. The van der Waals surface area contributed by atoms with Crippen LogP contribution in [0.2, 0.25) is 0 Å². The van der Waals surface area contributed by atoms with E-state index >= 15 is 0 Å². The van der Waals surface area contributed by atoms with E-state index in [0.29, 0.717) is 29.7 Å². The first kappa shape index (κ1) is 18.0. The molecule has 2 aliphatic heterocycles. The summed E-state index contributed by atoms with van der Waals surface area (Å²) in [6, 6.07) is 9.21. The highest BCUT2D eigenvalue weighted by atomic mass is 16.5. The second-order valence-electron chi connectivity index (χ2n) is 8.86. The number of nitrogens with zero attached hydrogens (tertiary/aromatic N) is 2. The molecule has 1 atom stereocenters. The Bertz CT molecular complexity index is 626. The van der Waals surface area contributed by atoms with E-state index < -0.39 is 0 Å². The fourth-order valence-electron chi connectivity index (χ4n) is 5.52. The molecule has 4 heteroatoms. The lowest BCUT2D eigenvalue weighted by Crippen LogP contribution is -2.44. The number of rotatable bonds is 4. The van der Waals surface area contributed by atoms with E-state index in [1.807, 2.05) is 0 Å². The van der Waals surface area contributed by atoms with Crippen LogP contribution >= 0.6 is 0 Å². The number of ether oxygens (including phenoxy) is 1. The largest absolute Gasteiger partial charge is 0.383 e. The average molecular weight is 357 g/mol. The topological polar surface area (TPSA) is 32.8 Å². The highest BCUT2D eigenvalue weighted by Crippen LogP contribution is 2.43. The normalized spacial score (nSPS) is 25.8. The highest BCUT2D eigenvalue weighted by Gasteiger charge is 2.44. The van der Waals surface area contributed by atoms with Gasteiger partial charge in [-0.25, -0.2) is 0 Å². The van der Waals surface area contributed by atoms with Crippen molar-refractivity contribution in [1.29, 1.82) is 0 Å². The van der Waals surface area contributed by atoms with Gasteiger partial charge in [0, 0.05) is 39.2 Å². The van der Waals surface area contributed by atoms with Crippen LogP contribution in [0.5, 0.6) is 0 Å². The number of hydrogen-bond donors (Lipinski definition) is 0. The molecule has 4 nitrogen and oxygen atoms in total. The van der Waals surface area contributed by atoms with Crippen LogP contribution in [0.25, 0.3) is 0 Å². The summed E-state index contributed by atoms with van der Waals surface area (Å²) in [6.07, 6.45) is 6.37. The maximum Gasteiger partial charge on any atom is 0.222 e. The zero-order chi connectivity index (χ0) is 18.1. The van der Waals surface area contributed by atoms with Crippen LogP contribution in [0.3, 0.4) is 0 Å². The fraction of sp³-hybridized carbons (Fsp3) is 0.682. The number of likely N-dealkylation sites (tertiary alicyclic amines) is 2. The lowest BCUT2D eigenvalue weighted by atomic mass is 9.76. The van der Waals surface area contributed by atoms with E-state index in [4.69, 9.17) is 4.74 Å². The highest BCUT2D eigenvalue weighted by molar-refractivity contribution is 5.76. The predicted octanol–water partition coefficient (Wildman–Crippen LogP) is 2.75. The lowest BCUT2D eigenvalue weighted by Gasteiger charge is -2.39. The molecule has 1 aliphatic carbocycles. The van der Waals surface area contributed by atoms with Crippen molar-refractivity contribution in [3.05, 3.63) is 35.4 Å². The number of likely N-dealkylation sites (N-methyl/N-ethyl adjacent to an activating group) is 1. The third kappa shape index (κ3) is 3.54. The van der Waals surface area contributed by atoms with Crippen molar-refractivity contribution in [3.8, 4) is 0 Å². The summed E-state index contributed by atoms with van der Waals surface area (Å²) in [5.41, 5.74) is 3.29. The van der Waals surface area contributed by atoms with Gasteiger partial charge in [-0.2, -0.15) is 0 Å². The Morgan fingerprint density at radius 3 is 2.46 bits per heavy atom. The van der Waals surface area contributed by atoms with Gasteiger partial charge in [-0.15, -0.1) is 0 Å². The molecule has 2 fully saturated rings. The van der Waals surface area contributed by atoms with Crippen LogP contribution in [0.15, 0.2) is 24.3 Å². The van der Waals surface area contributed by atoms with E-state index in [1.54, 1.807) is 7.11 Å². The summed E-state index contributed by atoms with van der Waals surface area (Å²) >= 11 is 0. The molecule has 2 heterocycles. The molecule has 142 valence electrons. The third-order valence-corrected chi connectivity index (χ3v) is 7.01. The zero-order valence-corrected chi connectivity index (χ0v) is 16.2. The van der Waals surface area contributed by atoms with Crippen LogP contribution in [0.1, 0.15) is 36.8 Å². The van der Waals surface area contributed by atoms with Crippen molar-refractivity contribution in [2.75, 3.05) is 40.4 Å². The molecule has 0 N–H and O–H groups in total. The predicted molar refractivity (Wildman–Crippen MR) is 103 cm³/mol. The minimum absolute atomic E-state index is 0.373. The van der Waals surface area contributed by atoms with Gasteiger partial charge in [-0.1, -0.05) is 24.3 Å². The van der Waals surface area contributed by atoms with Gasteiger partial charge in [-0.05, 0) is 61.6 Å². The van der Waals surface area contributed by atoms with Gasteiger partial charge < -0.3 is 14.5 Å². The molecule has 1 aromatic carbocycles. The number of fused-ring (bicyclic) bond motifs is 1.